The molecular weight excluding hydrogens is 388 g/mol. The zero-order valence-electron chi connectivity index (χ0n) is 18.0. The number of aromatic hydroxyl groups is 1. The number of anilines is 1. The number of piperidine rings is 1. The lowest BCUT2D eigenvalue weighted by molar-refractivity contribution is 0.220. The second-order valence-electron chi connectivity index (χ2n) is 8.15. The summed E-state index contributed by atoms with van der Waals surface area (Å²) in [5.41, 5.74) is 2.48. The van der Waals surface area contributed by atoms with Gasteiger partial charge in [-0.2, -0.15) is 4.98 Å². The summed E-state index contributed by atoms with van der Waals surface area (Å²) in [5, 5.41) is 13.1. The molecule has 1 saturated heterocycles. The van der Waals surface area contributed by atoms with E-state index in [2.05, 4.69) is 45.5 Å². The van der Waals surface area contributed by atoms with Gasteiger partial charge in [0.05, 0.1) is 19.3 Å². The number of likely N-dealkylation sites (tertiary alicyclic amines) is 1. The van der Waals surface area contributed by atoms with E-state index in [-0.39, 0.29) is 5.88 Å². The Labute approximate surface area is 184 Å². The maximum absolute atomic E-state index is 9.81. The molecule has 0 radical (unpaired) electrons. The summed E-state index contributed by atoms with van der Waals surface area (Å²) in [6.45, 7) is 5.42. The minimum atomic E-state index is 0.0280. The molecule has 1 aliphatic rings. The summed E-state index contributed by atoms with van der Waals surface area (Å²) in [4.78, 5) is 6.72. The van der Waals surface area contributed by atoms with Crippen molar-refractivity contribution in [1.29, 1.82) is 0 Å². The highest BCUT2D eigenvalue weighted by Gasteiger charge is 2.11. The normalized spacial score (nSPS) is 14.5. The molecule has 0 atom stereocenters. The van der Waals surface area contributed by atoms with Gasteiger partial charge in [-0.1, -0.05) is 48.9 Å². The number of hydrogen-bond donors (Lipinski definition) is 2. The molecule has 0 aliphatic carbocycles. The van der Waals surface area contributed by atoms with Gasteiger partial charge >= 0.3 is 0 Å². The van der Waals surface area contributed by atoms with E-state index in [9.17, 15) is 5.11 Å². The van der Waals surface area contributed by atoms with Crippen molar-refractivity contribution in [3.63, 3.8) is 0 Å². The molecule has 3 aromatic rings. The number of imidazole rings is 1. The van der Waals surface area contributed by atoms with Gasteiger partial charge in [0.25, 0.3) is 0 Å². The van der Waals surface area contributed by atoms with E-state index in [0.29, 0.717) is 19.1 Å². The van der Waals surface area contributed by atoms with Crippen LogP contribution < -0.4 is 10.1 Å². The van der Waals surface area contributed by atoms with E-state index in [0.717, 1.165) is 30.8 Å². The smallest absolute Gasteiger partial charge is 0.231 e. The Morgan fingerprint density at radius 2 is 1.74 bits per heavy atom. The molecule has 1 fully saturated rings. The summed E-state index contributed by atoms with van der Waals surface area (Å²) in [6, 6.07) is 18.6. The van der Waals surface area contributed by atoms with Crippen LogP contribution in [0.25, 0.3) is 0 Å². The number of aromatic nitrogens is 2. The lowest BCUT2D eigenvalue weighted by Crippen LogP contribution is -2.29. The third-order valence-electron chi connectivity index (χ3n) is 5.59. The van der Waals surface area contributed by atoms with Crippen LogP contribution in [0, 0.1) is 0 Å². The van der Waals surface area contributed by atoms with Crippen LogP contribution in [0.5, 0.6) is 11.6 Å². The monoisotopic (exact) mass is 420 g/mol. The van der Waals surface area contributed by atoms with E-state index in [1.54, 1.807) is 6.20 Å². The van der Waals surface area contributed by atoms with Crippen LogP contribution in [0.15, 0.2) is 60.8 Å². The molecule has 1 aromatic heterocycles. The Kier molecular flexibility index (Phi) is 7.45. The zero-order chi connectivity index (χ0) is 21.3. The predicted octanol–water partition coefficient (Wildman–Crippen LogP) is 4.50. The number of rotatable bonds is 10. The fourth-order valence-corrected chi connectivity index (χ4v) is 4.02. The van der Waals surface area contributed by atoms with Crippen molar-refractivity contribution in [2.45, 2.75) is 38.8 Å². The molecule has 0 saturated carbocycles. The molecule has 6 nitrogen and oxygen atoms in total. The lowest BCUT2D eigenvalue weighted by atomic mass is 10.1. The van der Waals surface area contributed by atoms with Gasteiger partial charge in [-0.05, 0) is 55.6 Å². The lowest BCUT2D eigenvalue weighted by Gasteiger charge is -2.26. The highest BCUT2D eigenvalue weighted by atomic mass is 16.5. The molecule has 2 N–H and O–H groups in total. The molecule has 0 bridgehead atoms. The van der Waals surface area contributed by atoms with Crippen LogP contribution in [-0.4, -0.2) is 45.8 Å². The van der Waals surface area contributed by atoms with Crippen molar-refractivity contribution < 1.29 is 9.84 Å². The molecule has 0 spiro atoms. The largest absolute Gasteiger partial charge is 0.494 e. The number of nitrogens with one attached hydrogen (secondary N) is 1. The van der Waals surface area contributed by atoms with Gasteiger partial charge in [0.2, 0.25) is 11.8 Å². The summed E-state index contributed by atoms with van der Waals surface area (Å²) >= 11 is 0. The topological polar surface area (TPSA) is 62.6 Å². The summed E-state index contributed by atoms with van der Waals surface area (Å²) in [7, 11) is 0. The van der Waals surface area contributed by atoms with E-state index < -0.39 is 0 Å². The van der Waals surface area contributed by atoms with E-state index >= 15 is 0 Å². The standard InChI is InChI=1S/C25H32N4O2/c30-24-20-29(19-21-9-3-1-4-10-21)25(27-24)26-13-8-16-31-23-12-7-11-22(17-23)18-28-14-5-2-6-15-28/h1,3-4,7,9-12,17,20,30H,2,5-6,8,13-16,18-19H2,(H,26,27). The summed E-state index contributed by atoms with van der Waals surface area (Å²) < 4.78 is 7.90. The highest BCUT2D eigenvalue weighted by molar-refractivity contribution is 5.33. The van der Waals surface area contributed by atoms with Crippen LogP contribution >= 0.6 is 0 Å². The van der Waals surface area contributed by atoms with Gasteiger partial charge in [0.15, 0.2) is 0 Å². The molecule has 0 unspecified atom stereocenters. The number of nitrogens with zero attached hydrogens (tertiary/aromatic N) is 3. The maximum Gasteiger partial charge on any atom is 0.231 e. The molecule has 2 aromatic carbocycles. The van der Waals surface area contributed by atoms with Gasteiger partial charge in [-0.3, -0.25) is 4.90 Å². The number of benzene rings is 2. The predicted molar refractivity (Wildman–Crippen MR) is 124 cm³/mol. The minimum Gasteiger partial charge on any atom is -0.494 e. The highest BCUT2D eigenvalue weighted by Crippen LogP contribution is 2.18. The Bertz CT molecular complexity index is 936. The SMILES string of the molecule is Oc1cn(Cc2ccccc2)c(NCCCOc2cccc(CN3CCCCC3)c2)n1. The van der Waals surface area contributed by atoms with Crippen LogP contribution in [0.2, 0.25) is 0 Å². The Morgan fingerprint density at radius 3 is 2.58 bits per heavy atom. The Hall–Kier alpha value is -2.99. The third kappa shape index (κ3) is 6.49. The number of hydrogen-bond acceptors (Lipinski definition) is 5. The fourth-order valence-electron chi connectivity index (χ4n) is 4.02. The second-order valence-corrected chi connectivity index (χ2v) is 8.15. The first-order valence-corrected chi connectivity index (χ1v) is 11.2. The molecule has 0 amide bonds. The molecule has 2 heterocycles. The van der Waals surface area contributed by atoms with Gasteiger partial charge in [0.1, 0.15) is 5.75 Å². The van der Waals surface area contributed by atoms with Crippen LogP contribution in [0.3, 0.4) is 0 Å². The van der Waals surface area contributed by atoms with Crippen molar-refractivity contribution in [3.8, 4) is 11.6 Å². The van der Waals surface area contributed by atoms with Crippen molar-refractivity contribution in [2.75, 3.05) is 31.6 Å². The quantitative estimate of drug-likeness (QED) is 0.473. The average molecular weight is 421 g/mol. The minimum absolute atomic E-state index is 0.0280. The molecule has 31 heavy (non-hydrogen) atoms. The third-order valence-corrected chi connectivity index (χ3v) is 5.59. The maximum atomic E-state index is 9.81. The van der Waals surface area contributed by atoms with Gasteiger partial charge < -0.3 is 19.7 Å². The Balaban J connectivity index is 1.21. The molecule has 4 rings (SSSR count). The summed E-state index contributed by atoms with van der Waals surface area (Å²) in [6.07, 6.45) is 6.48. The van der Waals surface area contributed by atoms with E-state index in [1.165, 1.54) is 37.9 Å². The molecule has 6 heteroatoms. The van der Waals surface area contributed by atoms with Crippen molar-refractivity contribution in [1.82, 2.24) is 14.5 Å². The van der Waals surface area contributed by atoms with Crippen molar-refractivity contribution >= 4 is 5.95 Å². The van der Waals surface area contributed by atoms with Crippen LogP contribution in [-0.2, 0) is 13.1 Å². The van der Waals surface area contributed by atoms with E-state index in [1.807, 2.05) is 28.8 Å². The number of ether oxygens (including phenoxy) is 1. The molecule has 164 valence electrons. The van der Waals surface area contributed by atoms with Crippen LogP contribution in [0.1, 0.15) is 36.8 Å². The van der Waals surface area contributed by atoms with Gasteiger partial charge in [-0.15, -0.1) is 0 Å². The fraction of sp³-hybridized carbons (Fsp3) is 0.400. The summed E-state index contributed by atoms with van der Waals surface area (Å²) in [5.74, 6) is 1.63. The molecule has 1 aliphatic heterocycles. The van der Waals surface area contributed by atoms with E-state index in [4.69, 9.17) is 4.74 Å². The first-order chi connectivity index (χ1) is 15.3. The van der Waals surface area contributed by atoms with Gasteiger partial charge in [0, 0.05) is 13.1 Å². The first-order valence-electron chi connectivity index (χ1n) is 11.2. The first kappa shape index (κ1) is 21.2. The average Bonchev–Trinajstić information content (AvgIpc) is 3.14. The Morgan fingerprint density at radius 1 is 0.935 bits per heavy atom. The van der Waals surface area contributed by atoms with Crippen molar-refractivity contribution in [2.24, 2.45) is 0 Å². The second kappa shape index (κ2) is 10.9. The van der Waals surface area contributed by atoms with Crippen LogP contribution in [0.4, 0.5) is 5.95 Å². The van der Waals surface area contributed by atoms with Crippen molar-refractivity contribution in [3.05, 3.63) is 71.9 Å². The van der Waals surface area contributed by atoms with Gasteiger partial charge in [-0.25, -0.2) is 0 Å². The molecular formula is C25H32N4O2. The zero-order valence-corrected chi connectivity index (χ0v) is 18.0.